The summed E-state index contributed by atoms with van der Waals surface area (Å²) in [6.45, 7) is 12.0. The largest absolute Gasteiger partial charge is 0.380 e. The molecule has 1 amide bonds. The number of carbonyl (C=O) groups is 1. The molecule has 5 nitrogen and oxygen atoms in total. The highest BCUT2D eigenvalue weighted by molar-refractivity contribution is 7.14. The molecule has 1 aromatic heterocycles. The Morgan fingerprint density at radius 2 is 2.12 bits per heavy atom. The predicted octanol–water partition coefficient (Wildman–Crippen LogP) is 1.79. The number of nitrogens with zero attached hydrogens (tertiary/aromatic N) is 2. The Bertz CT molecular complexity index is 606. The van der Waals surface area contributed by atoms with E-state index in [0.29, 0.717) is 5.92 Å². The van der Waals surface area contributed by atoms with Crippen LogP contribution in [0.5, 0.6) is 0 Å². The number of ether oxygens (including phenoxy) is 2. The lowest BCUT2D eigenvalue weighted by molar-refractivity contribution is 0.0104. The SMILES string of the molecule is Cc1cc(C(=O)N2C[C@@H]3COC[C@@]3(CN3CCOCC3)C2)sc1C. The van der Waals surface area contributed by atoms with Crippen molar-refractivity contribution in [1.82, 2.24) is 9.80 Å². The van der Waals surface area contributed by atoms with E-state index in [1.165, 1.54) is 10.4 Å². The maximum Gasteiger partial charge on any atom is 0.263 e. The Morgan fingerprint density at radius 1 is 1.33 bits per heavy atom. The summed E-state index contributed by atoms with van der Waals surface area (Å²) >= 11 is 1.62. The lowest BCUT2D eigenvalue weighted by Crippen LogP contribution is -2.47. The van der Waals surface area contributed by atoms with Crippen LogP contribution in [-0.4, -0.2) is 74.9 Å². The van der Waals surface area contributed by atoms with Gasteiger partial charge in [-0.05, 0) is 25.5 Å². The Kier molecular flexibility index (Phi) is 4.41. The minimum absolute atomic E-state index is 0.106. The number of rotatable bonds is 3. The van der Waals surface area contributed by atoms with Gasteiger partial charge in [0, 0.05) is 48.9 Å². The first-order valence-corrected chi connectivity index (χ1v) is 9.63. The molecule has 0 aliphatic carbocycles. The predicted molar refractivity (Wildman–Crippen MR) is 93.7 cm³/mol. The zero-order valence-electron chi connectivity index (χ0n) is 14.5. The summed E-state index contributed by atoms with van der Waals surface area (Å²) in [5.41, 5.74) is 1.32. The summed E-state index contributed by atoms with van der Waals surface area (Å²) < 4.78 is 11.3. The highest BCUT2D eigenvalue weighted by Gasteiger charge is 2.52. The summed E-state index contributed by atoms with van der Waals surface area (Å²) in [4.78, 5) is 19.6. The molecule has 1 aromatic rings. The van der Waals surface area contributed by atoms with Crippen LogP contribution in [0.3, 0.4) is 0 Å². The summed E-state index contributed by atoms with van der Waals surface area (Å²) in [5.74, 6) is 0.665. The van der Waals surface area contributed by atoms with Crippen molar-refractivity contribution >= 4 is 17.2 Å². The van der Waals surface area contributed by atoms with Gasteiger partial charge in [0.25, 0.3) is 5.91 Å². The van der Waals surface area contributed by atoms with Crippen molar-refractivity contribution < 1.29 is 14.3 Å². The molecule has 3 fully saturated rings. The minimum Gasteiger partial charge on any atom is -0.380 e. The van der Waals surface area contributed by atoms with Gasteiger partial charge in [0.2, 0.25) is 0 Å². The third-order valence-electron chi connectivity index (χ3n) is 5.83. The number of carbonyl (C=O) groups excluding carboxylic acids is 1. The minimum atomic E-state index is 0.106. The zero-order chi connectivity index (χ0) is 16.7. The molecule has 0 bridgehead atoms. The molecule has 0 saturated carbocycles. The number of hydrogen-bond acceptors (Lipinski definition) is 5. The van der Waals surface area contributed by atoms with Gasteiger partial charge in [-0.25, -0.2) is 0 Å². The van der Waals surface area contributed by atoms with E-state index in [9.17, 15) is 4.79 Å². The number of thiophene rings is 1. The van der Waals surface area contributed by atoms with Crippen LogP contribution in [-0.2, 0) is 9.47 Å². The molecule has 2 atom stereocenters. The van der Waals surface area contributed by atoms with E-state index in [2.05, 4.69) is 23.6 Å². The van der Waals surface area contributed by atoms with Gasteiger partial charge in [-0.1, -0.05) is 0 Å². The molecule has 6 heteroatoms. The molecular formula is C18H26N2O3S. The molecule has 4 heterocycles. The van der Waals surface area contributed by atoms with E-state index < -0.39 is 0 Å². The van der Waals surface area contributed by atoms with Crippen molar-refractivity contribution in [1.29, 1.82) is 0 Å². The fourth-order valence-corrected chi connectivity index (χ4v) is 5.25. The molecule has 132 valence electrons. The van der Waals surface area contributed by atoms with Gasteiger partial charge in [-0.2, -0.15) is 0 Å². The van der Waals surface area contributed by atoms with Crippen molar-refractivity contribution in [2.45, 2.75) is 13.8 Å². The van der Waals surface area contributed by atoms with Gasteiger partial charge in [0.05, 0.1) is 31.3 Å². The Balaban J connectivity index is 1.49. The summed E-state index contributed by atoms with van der Waals surface area (Å²) in [7, 11) is 0. The van der Waals surface area contributed by atoms with Crippen LogP contribution in [0.2, 0.25) is 0 Å². The van der Waals surface area contributed by atoms with Crippen LogP contribution < -0.4 is 0 Å². The van der Waals surface area contributed by atoms with Crippen LogP contribution in [0.4, 0.5) is 0 Å². The van der Waals surface area contributed by atoms with Gasteiger partial charge in [0.1, 0.15) is 0 Å². The standard InChI is InChI=1S/C18H26N2O3S/c1-13-7-16(24-14(13)2)17(21)20-8-15-9-23-12-18(15,11-20)10-19-3-5-22-6-4-19/h7,15H,3-6,8-12H2,1-2H3/t15-,18-/m1/s1. The molecule has 3 saturated heterocycles. The number of morpholine rings is 1. The van der Waals surface area contributed by atoms with Gasteiger partial charge in [-0.15, -0.1) is 11.3 Å². The van der Waals surface area contributed by atoms with Gasteiger partial charge >= 0.3 is 0 Å². The highest BCUT2D eigenvalue weighted by atomic mass is 32.1. The Morgan fingerprint density at radius 3 is 2.83 bits per heavy atom. The Hall–Kier alpha value is -0.950. The average Bonchev–Trinajstić information content (AvgIpc) is 3.20. The van der Waals surface area contributed by atoms with Gasteiger partial charge in [-0.3, -0.25) is 9.69 Å². The molecule has 24 heavy (non-hydrogen) atoms. The summed E-state index contributed by atoms with van der Waals surface area (Å²) in [6.07, 6.45) is 0. The average molecular weight is 350 g/mol. The maximum absolute atomic E-state index is 12.9. The molecule has 3 aliphatic heterocycles. The molecular weight excluding hydrogens is 324 g/mol. The lowest BCUT2D eigenvalue weighted by Gasteiger charge is -2.36. The maximum atomic E-state index is 12.9. The fourth-order valence-electron chi connectivity index (χ4n) is 4.25. The van der Waals surface area contributed by atoms with E-state index in [-0.39, 0.29) is 11.3 Å². The van der Waals surface area contributed by atoms with Crippen molar-refractivity contribution in [2.75, 3.05) is 59.2 Å². The second-order valence-corrected chi connectivity index (χ2v) is 8.75. The van der Waals surface area contributed by atoms with Gasteiger partial charge < -0.3 is 14.4 Å². The van der Waals surface area contributed by atoms with Crippen molar-refractivity contribution in [3.63, 3.8) is 0 Å². The van der Waals surface area contributed by atoms with Crippen molar-refractivity contribution in [3.05, 3.63) is 21.4 Å². The van der Waals surface area contributed by atoms with E-state index >= 15 is 0 Å². The number of hydrogen-bond donors (Lipinski definition) is 0. The number of amides is 1. The topological polar surface area (TPSA) is 42.0 Å². The first kappa shape index (κ1) is 16.5. The first-order valence-electron chi connectivity index (χ1n) is 8.82. The molecule has 0 spiro atoms. The zero-order valence-corrected chi connectivity index (χ0v) is 15.4. The van der Waals surface area contributed by atoms with Crippen LogP contribution in [0.15, 0.2) is 6.07 Å². The summed E-state index contributed by atoms with van der Waals surface area (Å²) in [6, 6.07) is 2.04. The van der Waals surface area contributed by atoms with E-state index in [1.807, 2.05) is 6.07 Å². The summed E-state index contributed by atoms with van der Waals surface area (Å²) in [5, 5.41) is 0. The van der Waals surface area contributed by atoms with E-state index in [0.717, 1.165) is 64.0 Å². The fraction of sp³-hybridized carbons (Fsp3) is 0.722. The van der Waals surface area contributed by atoms with Crippen LogP contribution >= 0.6 is 11.3 Å². The Labute approximate surface area is 147 Å². The molecule has 0 radical (unpaired) electrons. The van der Waals surface area contributed by atoms with Crippen molar-refractivity contribution in [2.24, 2.45) is 11.3 Å². The lowest BCUT2D eigenvalue weighted by atomic mass is 9.80. The molecule has 0 unspecified atom stereocenters. The van der Waals surface area contributed by atoms with Gasteiger partial charge in [0.15, 0.2) is 0 Å². The molecule has 3 aliphatic rings. The monoisotopic (exact) mass is 350 g/mol. The van der Waals surface area contributed by atoms with Crippen LogP contribution in [0.1, 0.15) is 20.1 Å². The third kappa shape index (κ3) is 2.90. The van der Waals surface area contributed by atoms with Crippen molar-refractivity contribution in [3.8, 4) is 0 Å². The third-order valence-corrected chi connectivity index (χ3v) is 6.97. The number of aryl methyl sites for hydroxylation is 2. The smallest absolute Gasteiger partial charge is 0.263 e. The second-order valence-electron chi connectivity index (χ2n) is 7.50. The molecule has 0 N–H and O–H groups in total. The normalized spacial score (nSPS) is 30.8. The number of fused-ring (bicyclic) bond motifs is 1. The first-order chi connectivity index (χ1) is 11.6. The number of likely N-dealkylation sites (tertiary alicyclic amines) is 1. The van der Waals surface area contributed by atoms with E-state index in [4.69, 9.17) is 9.47 Å². The van der Waals surface area contributed by atoms with E-state index in [1.54, 1.807) is 11.3 Å². The highest BCUT2D eigenvalue weighted by Crippen LogP contribution is 2.42. The van der Waals surface area contributed by atoms with Crippen LogP contribution in [0.25, 0.3) is 0 Å². The molecule has 4 rings (SSSR count). The quantitative estimate of drug-likeness (QED) is 0.833. The second kappa shape index (κ2) is 6.41. The van der Waals surface area contributed by atoms with Crippen LogP contribution in [0, 0.1) is 25.2 Å². The molecule has 0 aromatic carbocycles.